The number of ether oxygens (including phenoxy) is 2. The fraction of sp³-hybridized carbons (Fsp3) is 0.176. The van der Waals surface area contributed by atoms with Gasteiger partial charge in [-0.05, 0) is 17.7 Å². The Bertz CT molecular complexity index is 697. The Hall–Kier alpha value is -2.82. The first-order chi connectivity index (χ1) is 10.7. The molecule has 1 heterocycles. The molecule has 0 N–H and O–H groups in total. The Morgan fingerprint density at radius 1 is 1.18 bits per heavy atom. The van der Waals surface area contributed by atoms with Gasteiger partial charge in [0.2, 0.25) is 5.90 Å². The highest BCUT2D eigenvalue weighted by atomic mass is 16.5. The van der Waals surface area contributed by atoms with Crippen molar-refractivity contribution in [3.05, 3.63) is 65.7 Å². The van der Waals surface area contributed by atoms with Crippen LogP contribution in [0.4, 0.5) is 0 Å². The smallest absolute Gasteiger partial charge is 0.220 e. The van der Waals surface area contributed by atoms with E-state index in [0.29, 0.717) is 17.9 Å². The van der Waals surface area contributed by atoms with E-state index in [1.165, 1.54) is 0 Å². The Labute approximate surface area is 127 Å². The quantitative estimate of drug-likeness (QED) is 0.830. The molecule has 1 aliphatic rings. The Kier molecular flexibility index (Phi) is 4.05. The molecule has 0 radical (unpaired) electrons. The van der Waals surface area contributed by atoms with Gasteiger partial charge in [0.15, 0.2) is 0 Å². The number of carbonyl (C=O) groups excluding carboxylic acids is 1. The van der Waals surface area contributed by atoms with E-state index in [1.54, 1.807) is 12.1 Å². The summed E-state index contributed by atoms with van der Waals surface area (Å²) in [5.41, 5.74) is 1.68. The molecule has 22 heavy (non-hydrogen) atoms. The lowest BCUT2D eigenvalue weighted by Crippen LogP contribution is -2.35. The predicted molar refractivity (Wildman–Crippen MR) is 78.5 cm³/mol. The highest BCUT2D eigenvalue weighted by Gasteiger charge is 2.23. The van der Waals surface area contributed by atoms with Crippen LogP contribution >= 0.6 is 0 Å². The van der Waals surface area contributed by atoms with Crippen molar-refractivity contribution >= 4 is 11.9 Å². The van der Waals surface area contributed by atoms with Gasteiger partial charge in [-0.25, -0.2) is 4.99 Å². The van der Waals surface area contributed by atoms with Gasteiger partial charge in [-0.15, -0.1) is 0 Å². The third kappa shape index (κ3) is 3.09. The number of nitrogens with zero attached hydrogens (tertiary/aromatic N) is 1. The largest absolute Gasteiger partial charge is 0.548 e. The molecule has 0 aromatic heterocycles. The molecule has 112 valence electrons. The predicted octanol–water partition coefficient (Wildman–Crippen LogP) is 1.16. The molecule has 2 aromatic rings. The fourth-order valence-corrected chi connectivity index (χ4v) is 2.15. The lowest BCUT2D eigenvalue weighted by atomic mass is 10.2. The van der Waals surface area contributed by atoms with Crippen molar-refractivity contribution in [3.8, 4) is 5.75 Å². The van der Waals surface area contributed by atoms with E-state index in [2.05, 4.69) is 4.99 Å². The van der Waals surface area contributed by atoms with Crippen LogP contribution in [0.15, 0.2) is 59.6 Å². The number of carboxylic acids is 1. The molecule has 0 amide bonds. The average Bonchev–Trinajstić information content (AvgIpc) is 3.04. The standard InChI is InChI=1S/C17H15NO4/c19-17(20)14-11-22-16(18-14)13-8-4-5-9-15(13)21-10-12-6-2-1-3-7-12/h1-9,14H,10-11H2,(H,19,20)/p-1. The summed E-state index contributed by atoms with van der Waals surface area (Å²) >= 11 is 0. The molecule has 0 saturated carbocycles. The van der Waals surface area contributed by atoms with E-state index >= 15 is 0 Å². The van der Waals surface area contributed by atoms with Gasteiger partial charge < -0.3 is 19.4 Å². The maximum Gasteiger partial charge on any atom is 0.220 e. The third-order valence-corrected chi connectivity index (χ3v) is 3.28. The van der Waals surface area contributed by atoms with Crippen molar-refractivity contribution < 1.29 is 19.4 Å². The molecular formula is C17H14NO4-. The number of benzene rings is 2. The lowest BCUT2D eigenvalue weighted by Gasteiger charge is -2.11. The summed E-state index contributed by atoms with van der Waals surface area (Å²) in [5, 5.41) is 10.8. The van der Waals surface area contributed by atoms with Crippen LogP contribution in [0.1, 0.15) is 11.1 Å². The maximum absolute atomic E-state index is 10.8. The molecule has 3 rings (SSSR count). The van der Waals surface area contributed by atoms with Crippen LogP contribution < -0.4 is 9.84 Å². The summed E-state index contributed by atoms with van der Waals surface area (Å²) in [4.78, 5) is 14.9. The molecule has 5 nitrogen and oxygen atoms in total. The van der Waals surface area contributed by atoms with Gasteiger partial charge >= 0.3 is 0 Å². The number of aliphatic imine (C=N–C) groups is 1. The minimum absolute atomic E-state index is 0.00924. The lowest BCUT2D eigenvalue weighted by molar-refractivity contribution is -0.307. The zero-order valence-electron chi connectivity index (χ0n) is 11.8. The van der Waals surface area contributed by atoms with Gasteiger partial charge in [0.25, 0.3) is 0 Å². The molecule has 0 aliphatic carbocycles. The number of rotatable bonds is 5. The second-order valence-electron chi connectivity index (χ2n) is 4.85. The van der Waals surface area contributed by atoms with Gasteiger partial charge in [0.1, 0.15) is 25.0 Å². The first kappa shape index (κ1) is 14.1. The van der Waals surface area contributed by atoms with Crippen LogP contribution in [-0.4, -0.2) is 24.5 Å². The van der Waals surface area contributed by atoms with Crippen molar-refractivity contribution in [1.82, 2.24) is 0 Å². The molecule has 1 atom stereocenters. The third-order valence-electron chi connectivity index (χ3n) is 3.28. The van der Waals surface area contributed by atoms with Crippen molar-refractivity contribution in [2.24, 2.45) is 4.99 Å². The summed E-state index contributed by atoms with van der Waals surface area (Å²) < 4.78 is 11.2. The van der Waals surface area contributed by atoms with Gasteiger partial charge in [-0.3, -0.25) is 0 Å². The SMILES string of the molecule is O=C([O-])C1COC(c2ccccc2OCc2ccccc2)=N1. The van der Waals surface area contributed by atoms with Gasteiger partial charge in [0, 0.05) is 0 Å². The summed E-state index contributed by atoms with van der Waals surface area (Å²) in [6.07, 6.45) is 0. The zero-order chi connectivity index (χ0) is 15.4. The van der Waals surface area contributed by atoms with Gasteiger partial charge in [0.05, 0.1) is 11.5 Å². The van der Waals surface area contributed by atoms with Crippen LogP contribution in [0.2, 0.25) is 0 Å². The van der Waals surface area contributed by atoms with Crippen molar-refractivity contribution in [1.29, 1.82) is 0 Å². The van der Waals surface area contributed by atoms with E-state index in [9.17, 15) is 9.90 Å². The first-order valence-corrected chi connectivity index (χ1v) is 6.91. The maximum atomic E-state index is 10.8. The topological polar surface area (TPSA) is 71.0 Å². The zero-order valence-corrected chi connectivity index (χ0v) is 11.8. The van der Waals surface area contributed by atoms with E-state index < -0.39 is 12.0 Å². The number of para-hydroxylation sites is 1. The van der Waals surface area contributed by atoms with Crippen LogP contribution in [0.3, 0.4) is 0 Å². The highest BCUT2D eigenvalue weighted by Crippen LogP contribution is 2.23. The summed E-state index contributed by atoms with van der Waals surface area (Å²) in [5.74, 6) is -0.361. The number of carboxylic acid groups (broad SMARTS) is 1. The van der Waals surface area contributed by atoms with E-state index in [-0.39, 0.29) is 12.5 Å². The van der Waals surface area contributed by atoms with E-state index in [0.717, 1.165) is 5.56 Å². The molecule has 0 spiro atoms. The number of hydrogen-bond acceptors (Lipinski definition) is 5. The molecule has 5 heteroatoms. The molecule has 1 unspecified atom stereocenters. The van der Waals surface area contributed by atoms with Crippen molar-refractivity contribution in [3.63, 3.8) is 0 Å². The van der Waals surface area contributed by atoms with Crippen molar-refractivity contribution in [2.75, 3.05) is 6.61 Å². The van der Waals surface area contributed by atoms with Gasteiger partial charge in [-0.2, -0.15) is 0 Å². The molecule has 0 bridgehead atoms. The molecule has 0 saturated heterocycles. The monoisotopic (exact) mass is 296 g/mol. The van der Waals surface area contributed by atoms with Crippen LogP contribution in [0, 0.1) is 0 Å². The Morgan fingerprint density at radius 2 is 1.91 bits per heavy atom. The Morgan fingerprint density at radius 3 is 2.64 bits per heavy atom. The summed E-state index contributed by atoms with van der Waals surface area (Å²) in [7, 11) is 0. The number of aliphatic carboxylic acids is 1. The second-order valence-corrected chi connectivity index (χ2v) is 4.85. The molecule has 1 aliphatic heterocycles. The minimum atomic E-state index is -1.24. The van der Waals surface area contributed by atoms with Crippen LogP contribution in [0.25, 0.3) is 0 Å². The van der Waals surface area contributed by atoms with Crippen LogP contribution in [-0.2, 0) is 16.1 Å². The normalized spacial score (nSPS) is 16.7. The van der Waals surface area contributed by atoms with Crippen molar-refractivity contribution in [2.45, 2.75) is 12.6 Å². The van der Waals surface area contributed by atoms with Crippen LogP contribution in [0.5, 0.6) is 5.75 Å². The molecular weight excluding hydrogens is 282 g/mol. The minimum Gasteiger partial charge on any atom is -0.548 e. The van der Waals surface area contributed by atoms with Gasteiger partial charge in [-0.1, -0.05) is 42.5 Å². The molecule has 0 fully saturated rings. The molecule has 2 aromatic carbocycles. The first-order valence-electron chi connectivity index (χ1n) is 6.91. The van der Waals surface area contributed by atoms with E-state index in [4.69, 9.17) is 9.47 Å². The van der Waals surface area contributed by atoms with E-state index in [1.807, 2.05) is 42.5 Å². The summed E-state index contributed by atoms with van der Waals surface area (Å²) in [6, 6.07) is 16.1. The Balaban J connectivity index is 1.79. The number of hydrogen-bond donors (Lipinski definition) is 0. The fourth-order valence-electron chi connectivity index (χ4n) is 2.15. The second kappa shape index (κ2) is 6.30. The number of carbonyl (C=O) groups is 1. The summed E-state index contributed by atoms with van der Waals surface area (Å²) in [6.45, 7) is 0.403. The highest BCUT2D eigenvalue weighted by molar-refractivity contribution is 5.99. The average molecular weight is 296 g/mol.